The van der Waals surface area contributed by atoms with Crippen molar-refractivity contribution >= 4 is 39.8 Å². The second-order valence-electron chi connectivity index (χ2n) is 5.54. The summed E-state index contributed by atoms with van der Waals surface area (Å²) in [5.74, 6) is 1.96. The third-order valence-corrected chi connectivity index (χ3v) is 4.89. The predicted molar refractivity (Wildman–Crippen MR) is 95.7 cm³/mol. The molecule has 0 aromatic heterocycles. The van der Waals surface area contributed by atoms with E-state index in [0.29, 0.717) is 12.3 Å². The first-order chi connectivity index (χ1) is 8.93. The van der Waals surface area contributed by atoms with E-state index in [4.69, 9.17) is 0 Å². The molecule has 0 spiro atoms. The highest BCUT2D eigenvalue weighted by Crippen LogP contribution is 2.11. The summed E-state index contributed by atoms with van der Waals surface area (Å²) in [6.07, 6.45) is 2.91. The van der Waals surface area contributed by atoms with Gasteiger partial charge in [-0.2, -0.15) is 0 Å². The Morgan fingerprint density at radius 2 is 2.10 bits per heavy atom. The lowest BCUT2D eigenvalue weighted by Crippen LogP contribution is -2.44. The Morgan fingerprint density at radius 3 is 2.60 bits per heavy atom. The molecule has 7 heteroatoms. The molecule has 1 atom stereocenters. The Balaban J connectivity index is 0.00000361. The minimum absolute atomic E-state index is 0. The maximum atomic E-state index is 11.4. The quantitative estimate of drug-likeness (QED) is 0.299. The van der Waals surface area contributed by atoms with Gasteiger partial charge in [0.05, 0.1) is 11.5 Å². The molecular weight excluding hydrogens is 389 g/mol. The van der Waals surface area contributed by atoms with Crippen LogP contribution in [0, 0.1) is 5.92 Å². The highest BCUT2D eigenvalue weighted by atomic mass is 127. The molecule has 120 valence electrons. The zero-order valence-corrected chi connectivity index (χ0v) is 15.8. The lowest BCUT2D eigenvalue weighted by atomic mass is 10.1. The Bertz CT molecular complexity index is 396. The van der Waals surface area contributed by atoms with Gasteiger partial charge in [-0.25, -0.2) is 8.42 Å². The summed E-state index contributed by atoms with van der Waals surface area (Å²) in [6.45, 7) is 7.99. The number of guanidine groups is 1. The van der Waals surface area contributed by atoms with Gasteiger partial charge in [0.1, 0.15) is 0 Å². The first kappa shape index (κ1) is 19.9. The van der Waals surface area contributed by atoms with Gasteiger partial charge >= 0.3 is 0 Å². The van der Waals surface area contributed by atoms with Gasteiger partial charge in [0.2, 0.25) is 0 Å². The molecule has 1 unspecified atom stereocenters. The van der Waals surface area contributed by atoms with Crippen LogP contribution in [-0.2, 0) is 9.84 Å². The Morgan fingerprint density at radius 1 is 1.40 bits per heavy atom. The first-order valence-electron chi connectivity index (χ1n) is 7.18. The fraction of sp³-hybridized carbons (Fsp3) is 0.923. The lowest BCUT2D eigenvalue weighted by Gasteiger charge is -2.15. The number of hydrogen-bond donors (Lipinski definition) is 2. The van der Waals surface area contributed by atoms with Gasteiger partial charge in [0.25, 0.3) is 0 Å². The van der Waals surface area contributed by atoms with E-state index in [0.717, 1.165) is 25.5 Å². The molecule has 0 bridgehead atoms. The van der Waals surface area contributed by atoms with E-state index in [2.05, 4.69) is 29.5 Å². The molecule has 1 rings (SSSR count). The van der Waals surface area contributed by atoms with Gasteiger partial charge in [-0.1, -0.05) is 13.8 Å². The summed E-state index contributed by atoms with van der Waals surface area (Å²) >= 11 is 0. The molecule has 0 aromatic carbocycles. The summed E-state index contributed by atoms with van der Waals surface area (Å²) in [7, 11) is -2.84. The van der Waals surface area contributed by atoms with Crippen LogP contribution in [0.25, 0.3) is 0 Å². The van der Waals surface area contributed by atoms with Gasteiger partial charge < -0.3 is 10.6 Å². The Hall–Kier alpha value is -0.0500. The zero-order chi connectivity index (χ0) is 14.3. The van der Waals surface area contributed by atoms with Crippen molar-refractivity contribution < 1.29 is 8.42 Å². The Labute approximate surface area is 140 Å². The van der Waals surface area contributed by atoms with Crippen LogP contribution in [0.15, 0.2) is 4.99 Å². The number of halogens is 1. The highest BCUT2D eigenvalue weighted by molar-refractivity contribution is 14.0. The summed E-state index contributed by atoms with van der Waals surface area (Å²) in [4.78, 5) is 4.50. The van der Waals surface area contributed by atoms with Gasteiger partial charge in [-0.15, -0.1) is 24.0 Å². The predicted octanol–water partition coefficient (Wildman–Crippen LogP) is 1.78. The highest BCUT2D eigenvalue weighted by Gasteiger charge is 2.28. The summed E-state index contributed by atoms with van der Waals surface area (Å²) in [5.41, 5.74) is 0. The van der Waals surface area contributed by atoms with E-state index in [-0.39, 0.29) is 41.5 Å². The minimum Gasteiger partial charge on any atom is -0.357 e. The van der Waals surface area contributed by atoms with Gasteiger partial charge in [0, 0.05) is 19.1 Å². The fourth-order valence-corrected chi connectivity index (χ4v) is 3.79. The fourth-order valence-electron chi connectivity index (χ4n) is 2.11. The molecule has 1 saturated heterocycles. The molecule has 1 aliphatic heterocycles. The van der Waals surface area contributed by atoms with Crippen LogP contribution in [0.4, 0.5) is 0 Å². The van der Waals surface area contributed by atoms with E-state index in [1.54, 1.807) is 0 Å². The summed E-state index contributed by atoms with van der Waals surface area (Å²) in [5, 5.41) is 6.39. The second kappa shape index (κ2) is 9.81. The summed E-state index contributed by atoms with van der Waals surface area (Å²) < 4.78 is 22.8. The van der Waals surface area contributed by atoms with E-state index in [1.165, 1.54) is 6.42 Å². The van der Waals surface area contributed by atoms with Crippen molar-refractivity contribution in [3.8, 4) is 0 Å². The molecule has 0 saturated carbocycles. The zero-order valence-electron chi connectivity index (χ0n) is 12.7. The van der Waals surface area contributed by atoms with Crippen LogP contribution in [0.5, 0.6) is 0 Å². The van der Waals surface area contributed by atoms with Crippen molar-refractivity contribution in [1.29, 1.82) is 0 Å². The Kier molecular flexibility index (Phi) is 9.78. The maximum Gasteiger partial charge on any atom is 0.191 e. The van der Waals surface area contributed by atoms with E-state index in [1.807, 2.05) is 6.92 Å². The lowest BCUT2D eigenvalue weighted by molar-refractivity contribution is 0.559. The average Bonchev–Trinajstić information content (AvgIpc) is 2.64. The van der Waals surface area contributed by atoms with Crippen molar-refractivity contribution in [1.82, 2.24) is 10.6 Å². The van der Waals surface area contributed by atoms with Crippen molar-refractivity contribution in [3.63, 3.8) is 0 Å². The largest absolute Gasteiger partial charge is 0.357 e. The van der Waals surface area contributed by atoms with Gasteiger partial charge in [0.15, 0.2) is 15.8 Å². The number of nitrogens with zero attached hydrogens (tertiary/aromatic N) is 1. The first-order valence-corrected chi connectivity index (χ1v) is 9.00. The SMILES string of the molecule is CCNC(=NCCCC(C)C)NC1CCS(=O)(=O)C1.I. The number of rotatable bonds is 6. The number of sulfone groups is 1. The molecule has 20 heavy (non-hydrogen) atoms. The monoisotopic (exact) mass is 417 g/mol. The van der Waals surface area contributed by atoms with E-state index < -0.39 is 9.84 Å². The van der Waals surface area contributed by atoms with Crippen molar-refractivity contribution in [2.24, 2.45) is 10.9 Å². The van der Waals surface area contributed by atoms with E-state index in [9.17, 15) is 8.42 Å². The smallest absolute Gasteiger partial charge is 0.191 e. The van der Waals surface area contributed by atoms with Crippen LogP contribution in [0.3, 0.4) is 0 Å². The maximum absolute atomic E-state index is 11.4. The molecule has 1 fully saturated rings. The molecule has 2 N–H and O–H groups in total. The number of nitrogens with one attached hydrogen (secondary N) is 2. The van der Waals surface area contributed by atoms with E-state index >= 15 is 0 Å². The molecular formula is C13H28IN3O2S. The molecule has 0 aromatic rings. The average molecular weight is 417 g/mol. The van der Waals surface area contributed by atoms with Gasteiger partial charge in [-0.3, -0.25) is 4.99 Å². The molecule has 0 radical (unpaired) electrons. The molecule has 0 amide bonds. The normalized spacial score (nSPS) is 21.6. The van der Waals surface area contributed by atoms with Gasteiger partial charge in [-0.05, 0) is 32.1 Å². The minimum atomic E-state index is -2.84. The third-order valence-electron chi connectivity index (χ3n) is 3.13. The van der Waals surface area contributed by atoms with Crippen molar-refractivity contribution in [2.45, 2.75) is 46.1 Å². The standard InChI is InChI=1S/C13H27N3O2S.HI/c1-4-14-13(15-8-5-6-11(2)3)16-12-7-9-19(17,18)10-12;/h11-12H,4-10H2,1-3H3,(H2,14,15,16);1H. The topological polar surface area (TPSA) is 70.6 Å². The van der Waals surface area contributed by atoms with Crippen LogP contribution >= 0.6 is 24.0 Å². The molecule has 1 aliphatic rings. The second-order valence-corrected chi connectivity index (χ2v) is 7.77. The van der Waals surface area contributed by atoms with Crippen molar-refractivity contribution in [2.75, 3.05) is 24.6 Å². The number of aliphatic imine (C=N–C) groups is 1. The van der Waals surface area contributed by atoms with Crippen molar-refractivity contribution in [3.05, 3.63) is 0 Å². The molecule has 5 nitrogen and oxygen atoms in total. The molecule has 0 aliphatic carbocycles. The van der Waals surface area contributed by atoms with Crippen LogP contribution in [-0.4, -0.2) is 45.0 Å². The van der Waals surface area contributed by atoms with Crippen LogP contribution in [0.2, 0.25) is 0 Å². The number of hydrogen-bond acceptors (Lipinski definition) is 3. The van der Waals surface area contributed by atoms with Crippen LogP contribution < -0.4 is 10.6 Å². The third kappa shape index (κ3) is 8.28. The van der Waals surface area contributed by atoms with Crippen LogP contribution in [0.1, 0.15) is 40.0 Å². The molecule has 1 heterocycles. The summed E-state index contributed by atoms with van der Waals surface area (Å²) in [6, 6.07) is 0.00731.